The topological polar surface area (TPSA) is 67.5 Å². The molecule has 0 aliphatic rings. The Morgan fingerprint density at radius 1 is 1.27 bits per heavy atom. The zero-order valence-electron chi connectivity index (χ0n) is 12.2. The average molecular weight is 315 g/mol. The van der Waals surface area contributed by atoms with Gasteiger partial charge in [0.25, 0.3) is 5.69 Å². The second kappa shape index (κ2) is 8.19. The van der Waals surface area contributed by atoms with Crippen LogP contribution in [0.1, 0.15) is 18.9 Å². The molecule has 0 heterocycles. The lowest BCUT2D eigenvalue weighted by Gasteiger charge is -2.01. The van der Waals surface area contributed by atoms with Gasteiger partial charge >= 0.3 is 0 Å². The fourth-order valence-electron chi connectivity index (χ4n) is 1.74. The van der Waals surface area contributed by atoms with Gasteiger partial charge in [0.05, 0.1) is 16.8 Å². The third kappa shape index (κ3) is 4.89. The second-order valence-electron chi connectivity index (χ2n) is 4.59. The quantitative estimate of drug-likeness (QED) is 0.352. The van der Waals surface area contributed by atoms with Crippen molar-refractivity contribution in [3.63, 3.8) is 0 Å². The van der Waals surface area contributed by atoms with Gasteiger partial charge in [-0.15, -0.1) is 11.8 Å². The smallest absolute Gasteiger partial charge is 0.271 e. The monoisotopic (exact) mass is 315 g/mol. The van der Waals surface area contributed by atoms with Crippen LogP contribution in [0.2, 0.25) is 0 Å². The second-order valence-corrected chi connectivity index (χ2v) is 5.76. The number of rotatable bonds is 7. The van der Waals surface area contributed by atoms with Crippen molar-refractivity contribution in [3.8, 4) is 0 Å². The van der Waals surface area contributed by atoms with Gasteiger partial charge in [-0.25, -0.2) is 0 Å². The molecule has 0 amide bonds. The van der Waals surface area contributed by atoms with E-state index >= 15 is 0 Å². The Hall–Kier alpha value is -2.34. The van der Waals surface area contributed by atoms with Crippen LogP contribution in [0.3, 0.4) is 0 Å². The van der Waals surface area contributed by atoms with Gasteiger partial charge in [0.15, 0.2) is 0 Å². The molecule has 0 bridgehead atoms. The van der Waals surface area contributed by atoms with E-state index < -0.39 is 4.92 Å². The first kappa shape index (κ1) is 16.0. The minimum atomic E-state index is -0.429. The minimum absolute atomic E-state index is 0.0394. The van der Waals surface area contributed by atoms with Gasteiger partial charge in [0, 0.05) is 17.0 Å². The summed E-state index contributed by atoms with van der Waals surface area (Å²) in [6.07, 6.45) is 2.84. The summed E-state index contributed by atoms with van der Waals surface area (Å²) in [6, 6.07) is 14.4. The molecule has 0 spiro atoms. The van der Waals surface area contributed by atoms with Crippen molar-refractivity contribution >= 4 is 29.4 Å². The summed E-state index contributed by atoms with van der Waals surface area (Å²) in [6.45, 7) is 2.16. The van der Waals surface area contributed by atoms with Crippen molar-refractivity contribution in [3.05, 3.63) is 64.2 Å². The van der Waals surface area contributed by atoms with E-state index in [2.05, 4.69) is 29.6 Å². The summed E-state index contributed by atoms with van der Waals surface area (Å²) in [5.74, 6) is 1.11. The number of nitro benzene ring substituents is 1. The van der Waals surface area contributed by atoms with E-state index in [0.29, 0.717) is 5.69 Å². The SMILES string of the molecule is CCCSc1ccc(C=NNc2cccc([N+](=O)[O-])c2)cc1. The molecule has 0 radical (unpaired) electrons. The first-order valence-corrected chi connectivity index (χ1v) is 7.94. The number of anilines is 1. The number of hydrazone groups is 1. The van der Waals surface area contributed by atoms with Crippen LogP contribution in [-0.2, 0) is 0 Å². The Labute approximate surface area is 133 Å². The molecular formula is C16H17N3O2S. The molecule has 0 aliphatic carbocycles. The third-order valence-corrected chi connectivity index (χ3v) is 4.04. The number of hydrogen-bond donors (Lipinski definition) is 1. The van der Waals surface area contributed by atoms with Crippen molar-refractivity contribution < 1.29 is 4.92 Å². The molecule has 0 unspecified atom stereocenters. The van der Waals surface area contributed by atoms with Gasteiger partial charge in [0.2, 0.25) is 0 Å². The van der Waals surface area contributed by atoms with Crippen molar-refractivity contribution in [1.29, 1.82) is 0 Å². The Kier molecular flexibility index (Phi) is 5.97. The summed E-state index contributed by atoms with van der Waals surface area (Å²) in [5.41, 5.74) is 4.39. The molecule has 0 aromatic heterocycles. The number of hydrogen-bond acceptors (Lipinski definition) is 5. The molecule has 2 aromatic carbocycles. The Balaban J connectivity index is 1.94. The van der Waals surface area contributed by atoms with Crippen LogP contribution in [0, 0.1) is 10.1 Å². The maximum atomic E-state index is 10.7. The number of benzene rings is 2. The van der Waals surface area contributed by atoms with E-state index in [-0.39, 0.29) is 5.69 Å². The largest absolute Gasteiger partial charge is 0.278 e. The summed E-state index contributed by atoms with van der Waals surface area (Å²) in [7, 11) is 0. The molecule has 114 valence electrons. The minimum Gasteiger partial charge on any atom is -0.278 e. The van der Waals surface area contributed by atoms with Gasteiger partial charge in [-0.2, -0.15) is 5.10 Å². The van der Waals surface area contributed by atoms with Gasteiger partial charge < -0.3 is 0 Å². The highest BCUT2D eigenvalue weighted by molar-refractivity contribution is 7.99. The van der Waals surface area contributed by atoms with Gasteiger partial charge in [0.1, 0.15) is 0 Å². The molecule has 22 heavy (non-hydrogen) atoms. The van der Waals surface area contributed by atoms with Crippen molar-refractivity contribution in [2.45, 2.75) is 18.2 Å². The summed E-state index contributed by atoms with van der Waals surface area (Å²) < 4.78 is 0. The summed E-state index contributed by atoms with van der Waals surface area (Å²) >= 11 is 1.83. The molecular weight excluding hydrogens is 298 g/mol. The highest BCUT2D eigenvalue weighted by atomic mass is 32.2. The van der Waals surface area contributed by atoms with Gasteiger partial charge in [-0.05, 0) is 35.9 Å². The number of nitrogens with one attached hydrogen (secondary N) is 1. The first-order valence-electron chi connectivity index (χ1n) is 6.95. The molecule has 6 heteroatoms. The van der Waals surface area contributed by atoms with E-state index in [1.54, 1.807) is 18.3 Å². The highest BCUT2D eigenvalue weighted by Crippen LogP contribution is 2.19. The number of thioether (sulfide) groups is 1. The molecule has 5 nitrogen and oxygen atoms in total. The zero-order chi connectivity index (χ0) is 15.8. The van der Waals surface area contributed by atoms with Crippen molar-refractivity contribution in [2.24, 2.45) is 5.10 Å². The van der Waals surface area contributed by atoms with E-state index in [0.717, 1.165) is 17.7 Å². The maximum absolute atomic E-state index is 10.7. The molecule has 0 saturated carbocycles. The van der Waals surface area contributed by atoms with Crippen LogP contribution in [0.4, 0.5) is 11.4 Å². The average Bonchev–Trinajstić information content (AvgIpc) is 2.54. The van der Waals surface area contributed by atoms with Crippen molar-refractivity contribution in [2.75, 3.05) is 11.2 Å². The number of nitro groups is 1. The van der Waals surface area contributed by atoms with Crippen LogP contribution >= 0.6 is 11.8 Å². The van der Waals surface area contributed by atoms with Crippen LogP contribution in [-0.4, -0.2) is 16.9 Å². The lowest BCUT2D eigenvalue weighted by molar-refractivity contribution is -0.384. The first-order chi connectivity index (χ1) is 10.7. The van der Waals surface area contributed by atoms with E-state index in [1.165, 1.54) is 17.0 Å². The van der Waals surface area contributed by atoms with Crippen LogP contribution < -0.4 is 5.43 Å². The maximum Gasteiger partial charge on any atom is 0.271 e. The molecule has 2 aromatic rings. The van der Waals surface area contributed by atoms with Crippen LogP contribution in [0.15, 0.2) is 58.5 Å². The number of nitrogens with zero attached hydrogens (tertiary/aromatic N) is 2. The van der Waals surface area contributed by atoms with Crippen molar-refractivity contribution in [1.82, 2.24) is 0 Å². The fourth-order valence-corrected chi connectivity index (χ4v) is 2.51. The van der Waals surface area contributed by atoms with Gasteiger partial charge in [-0.3, -0.25) is 15.5 Å². The van der Waals surface area contributed by atoms with E-state index in [1.807, 2.05) is 23.9 Å². The molecule has 0 atom stereocenters. The summed E-state index contributed by atoms with van der Waals surface area (Å²) in [5, 5.41) is 14.8. The van der Waals surface area contributed by atoms with E-state index in [9.17, 15) is 10.1 Å². The number of non-ortho nitro benzene ring substituents is 1. The molecule has 0 fully saturated rings. The molecule has 2 rings (SSSR count). The Morgan fingerprint density at radius 3 is 2.73 bits per heavy atom. The Morgan fingerprint density at radius 2 is 2.05 bits per heavy atom. The fraction of sp³-hybridized carbons (Fsp3) is 0.188. The Bertz CT molecular complexity index is 657. The molecule has 0 saturated heterocycles. The van der Waals surface area contributed by atoms with Crippen LogP contribution in [0.25, 0.3) is 0 Å². The van der Waals surface area contributed by atoms with Gasteiger partial charge in [-0.1, -0.05) is 25.1 Å². The molecule has 0 aliphatic heterocycles. The standard InChI is InChI=1S/C16H17N3O2S/c1-2-10-22-16-8-6-13(7-9-16)12-17-18-14-4-3-5-15(11-14)19(20)21/h3-9,11-12,18H,2,10H2,1H3. The zero-order valence-corrected chi connectivity index (χ0v) is 13.0. The normalized spacial score (nSPS) is 10.8. The highest BCUT2D eigenvalue weighted by Gasteiger charge is 2.04. The lowest BCUT2D eigenvalue weighted by Crippen LogP contribution is -1.93. The predicted octanol–water partition coefficient (Wildman–Crippen LogP) is 4.54. The van der Waals surface area contributed by atoms with Crippen LogP contribution in [0.5, 0.6) is 0 Å². The molecule has 1 N–H and O–H groups in total. The lowest BCUT2D eigenvalue weighted by atomic mass is 10.2. The van der Waals surface area contributed by atoms with E-state index in [4.69, 9.17) is 0 Å². The predicted molar refractivity (Wildman–Crippen MR) is 91.8 cm³/mol. The summed E-state index contributed by atoms with van der Waals surface area (Å²) in [4.78, 5) is 11.5. The third-order valence-electron chi connectivity index (χ3n) is 2.82.